The third-order valence-electron chi connectivity index (χ3n) is 2.54. The van der Waals surface area contributed by atoms with Crippen molar-refractivity contribution < 1.29 is 21.9 Å². The van der Waals surface area contributed by atoms with Crippen LogP contribution in [0, 0.1) is 5.92 Å². The summed E-state index contributed by atoms with van der Waals surface area (Å²) in [7, 11) is -3.05. The second-order valence-corrected chi connectivity index (χ2v) is 4.73. The van der Waals surface area contributed by atoms with Gasteiger partial charge in [-0.05, 0) is 6.92 Å². The number of rotatable bonds is 2. The van der Waals surface area contributed by atoms with Gasteiger partial charge in [-0.15, -0.1) is 0 Å². The number of likely N-dealkylation sites (tertiary alicyclic amines) is 1. The van der Waals surface area contributed by atoms with Gasteiger partial charge in [0.25, 0.3) is 5.91 Å². The summed E-state index contributed by atoms with van der Waals surface area (Å²) in [6.07, 6.45) is 0. The Morgan fingerprint density at radius 1 is 1.64 bits per heavy atom. The second-order valence-electron chi connectivity index (χ2n) is 3.70. The molecule has 1 saturated heterocycles. The molecule has 0 aromatic rings. The average Bonchev–Trinajstić information content (AvgIpc) is 2.13. The van der Waals surface area contributed by atoms with Crippen LogP contribution in [0.5, 0.6) is 0 Å². The van der Waals surface area contributed by atoms with E-state index in [1.165, 1.54) is 11.8 Å². The first-order valence-corrected chi connectivity index (χ1v) is 5.47. The van der Waals surface area contributed by atoms with E-state index in [9.17, 15) is 13.2 Å². The third kappa shape index (κ3) is 1.89. The van der Waals surface area contributed by atoms with Crippen molar-refractivity contribution in [2.24, 2.45) is 5.92 Å². The van der Waals surface area contributed by atoms with Crippen LogP contribution in [0.3, 0.4) is 0 Å². The van der Waals surface area contributed by atoms with Crippen LogP contribution in [0.4, 0.5) is 0 Å². The zero-order valence-electron chi connectivity index (χ0n) is 8.22. The maximum atomic E-state index is 11.5. The average molecular weight is 223 g/mol. The van der Waals surface area contributed by atoms with E-state index in [-0.39, 0.29) is 5.92 Å². The Kier molecular flexibility index (Phi) is 2.59. The van der Waals surface area contributed by atoms with E-state index in [2.05, 4.69) is 4.18 Å². The molecule has 2 unspecified atom stereocenters. The van der Waals surface area contributed by atoms with Gasteiger partial charge in [-0.2, -0.15) is 8.42 Å². The van der Waals surface area contributed by atoms with Crippen molar-refractivity contribution in [3.05, 3.63) is 0 Å². The predicted octanol–water partition coefficient (Wildman–Crippen LogP) is -0.327. The molecule has 1 fully saturated rings. The molecule has 0 bridgehead atoms. The van der Waals surface area contributed by atoms with E-state index in [1.807, 2.05) is 0 Å². The minimum atomic E-state index is -4.60. The van der Waals surface area contributed by atoms with E-state index in [4.69, 9.17) is 4.55 Å². The van der Waals surface area contributed by atoms with Gasteiger partial charge in [-0.1, -0.05) is 6.92 Å². The maximum Gasteiger partial charge on any atom is 0.398 e. The van der Waals surface area contributed by atoms with Gasteiger partial charge in [-0.3, -0.25) is 9.35 Å². The van der Waals surface area contributed by atoms with Gasteiger partial charge >= 0.3 is 10.4 Å². The number of hydrogen-bond donors (Lipinski definition) is 1. The molecule has 1 N–H and O–H groups in total. The normalized spacial score (nSPS) is 33.9. The monoisotopic (exact) mass is 223 g/mol. The minimum absolute atomic E-state index is 0.290. The summed E-state index contributed by atoms with van der Waals surface area (Å²) in [5.74, 6) is -0.732. The molecule has 0 aliphatic carbocycles. The number of hydrogen-bond acceptors (Lipinski definition) is 4. The molecular formula is C7H13NO5S. The van der Waals surface area contributed by atoms with Gasteiger partial charge in [0.05, 0.1) is 0 Å². The molecule has 0 radical (unpaired) electrons. The summed E-state index contributed by atoms with van der Waals surface area (Å²) >= 11 is 0. The standard InChI is InChI=1S/C7H13NO5S/c1-5-4-8(3)6(9)7(5,2)13-14(10,11)12/h5H,4H2,1-3H3,(H,10,11,12). The van der Waals surface area contributed by atoms with Gasteiger partial charge < -0.3 is 4.90 Å². The Labute approximate surface area is 82.8 Å². The molecular weight excluding hydrogens is 210 g/mol. The van der Waals surface area contributed by atoms with Gasteiger partial charge in [0.15, 0.2) is 5.60 Å². The smallest absolute Gasteiger partial charge is 0.343 e. The first-order chi connectivity index (χ1) is 6.17. The van der Waals surface area contributed by atoms with Crippen LogP contribution >= 0.6 is 0 Å². The van der Waals surface area contributed by atoms with E-state index in [1.54, 1.807) is 14.0 Å². The van der Waals surface area contributed by atoms with Crippen molar-refractivity contribution in [3.63, 3.8) is 0 Å². The summed E-state index contributed by atoms with van der Waals surface area (Å²) in [4.78, 5) is 12.9. The van der Waals surface area contributed by atoms with Gasteiger partial charge in [0.2, 0.25) is 0 Å². The van der Waals surface area contributed by atoms with Crippen molar-refractivity contribution in [2.45, 2.75) is 19.4 Å². The van der Waals surface area contributed by atoms with Crippen LogP contribution in [0.2, 0.25) is 0 Å². The lowest BCUT2D eigenvalue weighted by atomic mass is 9.95. The SMILES string of the molecule is CC1CN(C)C(=O)C1(C)OS(=O)(=O)O. The topological polar surface area (TPSA) is 83.9 Å². The molecule has 1 heterocycles. The number of likely N-dealkylation sites (N-methyl/N-ethyl adjacent to an activating group) is 1. The molecule has 1 aliphatic rings. The number of nitrogens with zero attached hydrogens (tertiary/aromatic N) is 1. The molecule has 0 aromatic heterocycles. The number of amides is 1. The fourth-order valence-electron chi connectivity index (χ4n) is 1.59. The molecule has 82 valence electrons. The number of carbonyl (C=O) groups is 1. The van der Waals surface area contributed by atoms with Gasteiger partial charge in [-0.25, -0.2) is 4.18 Å². The molecule has 0 spiro atoms. The highest BCUT2D eigenvalue weighted by Gasteiger charge is 2.51. The van der Waals surface area contributed by atoms with Crippen LogP contribution < -0.4 is 0 Å². The molecule has 2 atom stereocenters. The summed E-state index contributed by atoms with van der Waals surface area (Å²) in [5, 5.41) is 0. The minimum Gasteiger partial charge on any atom is -0.343 e. The highest BCUT2D eigenvalue weighted by molar-refractivity contribution is 7.81. The molecule has 1 amide bonds. The van der Waals surface area contributed by atoms with Crippen LogP contribution in [0.1, 0.15) is 13.8 Å². The lowest BCUT2D eigenvalue weighted by molar-refractivity contribution is -0.140. The predicted molar refractivity (Wildman–Crippen MR) is 47.8 cm³/mol. The summed E-state index contributed by atoms with van der Waals surface area (Å²) in [6, 6.07) is 0. The summed E-state index contributed by atoms with van der Waals surface area (Å²) in [6.45, 7) is 3.45. The molecule has 0 aromatic carbocycles. The largest absolute Gasteiger partial charge is 0.398 e. The Morgan fingerprint density at radius 2 is 2.14 bits per heavy atom. The lowest BCUT2D eigenvalue weighted by Gasteiger charge is -2.23. The third-order valence-corrected chi connectivity index (χ3v) is 3.09. The fraction of sp³-hybridized carbons (Fsp3) is 0.857. The van der Waals surface area contributed by atoms with Crippen LogP contribution in [0.25, 0.3) is 0 Å². The summed E-state index contributed by atoms with van der Waals surface area (Å²) in [5.41, 5.74) is -1.48. The Hall–Kier alpha value is -0.660. The summed E-state index contributed by atoms with van der Waals surface area (Å²) < 4.78 is 34.1. The lowest BCUT2D eigenvalue weighted by Crippen LogP contribution is -2.43. The van der Waals surface area contributed by atoms with E-state index < -0.39 is 21.9 Å². The van der Waals surface area contributed by atoms with Crippen molar-refractivity contribution in [1.29, 1.82) is 0 Å². The quantitative estimate of drug-likeness (QED) is 0.648. The molecule has 7 heteroatoms. The van der Waals surface area contributed by atoms with E-state index >= 15 is 0 Å². The highest BCUT2D eigenvalue weighted by Crippen LogP contribution is 2.32. The molecule has 0 saturated carbocycles. The Bertz CT molecular complexity index is 351. The maximum absolute atomic E-state index is 11.5. The molecule has 1 rings (SSSR count). The van der Waals surface area contributed by atoms with Crippen LogP contribution in [-0.2, 0) is 19.4 Å². The molecule has 14 heavy (non-hydrogen) atoms. The first kappa shape index (κ1) is 11.4. The van der Waals surface area contributed by atoms with Crippen LogP contribution in [-0.4, -0.2) is 43.0 Å². The van der Waals surface area contributed by atoms with Gasteiger partial charge in [0.1, 0.15) is 0 Å². The van der Waals surface area contributed by atoms with Crippen molar-refractivity contribution in [2.75, 3.05) is 13.6 Å². The van der Waals surface area contributed by atoms with Crippen molar-refractivity contribution in [3.8, 4) is 0 Å². The van der Waals surface area contributed by atoms with Gasteiger partial charge in [0, 0.05) is 19.5 Å². The highest BCUT2D eigenvalue weighted by atomic mass is 32.3. The zero-order chi connectivity index (χ0) is 11.1. The second kappa shape index (κ2) is 3.18. The van der Waals surface area contributed by atoms with E-state index in [0.29, 0.717) is 6.54 Å². The van der Waals surface area contributed by atoms with Crippen LogP contribution in [0.15, 0.2) is 0 Å². The first-order valence-electron chi connectivity index (χ1n) is 4.10. The molecule has 1 aliphatic heterocycles. The Balaban J connectivity index is 2.99. The number of carbonyl (C=O) groups excluding carboxylic acids is 1. The van der Waals surface area contributed by atoms with Crippen molar-refractivity contribution in [1.82, 2.24) is 4.90 Å². The van der Waals surface area contributed by atoms with Crippen molar-refractivity contribution >= 4 is 16.3 Å². The molecule has 6 nitrogen and oxygen atoms in total. The Morgan fingerprint density at radius 3 is 2.43 bits per heavy atom. The van der Waals surface area contributed by atoms with E-state index in [0.717, 1.165) is 0 Å². The zero-order valence-corrected chi connectivity index (χ0v) is 9.04. The fourth-order valence-corrected chi connectivity index (χ4v) is 2.27.